The molecule has 0 aliphatic carbocycles. The van der Waals surface area contributed by atoms with Gasteiger partial charge < -0.3 is 5.32 Å². The summed E-state index contributed by atoms with van der Waals surface area (Å²) in [5, 5.41) is 11.5. The van der Waals surface area contributed by atoms with Gasteiger partial charge in [0.15, 0.2) is 0 Å². The molecule has 2 rings (SSSR count). The number of amides is 1. The number of nitrogens with zero attached hydrogens (tertiary/aromatic N) is 4. The zero-order valence-corrected chi connectivity index (χ0v) is 15.5. The Morgan fingerprint density at radius 1 is 1.07 bits per heavy atom. The molecule has 0 aliphatic heterocycles. The van der Waals surface area contributed by atoms with Gasteiger partial charge in [-0.05, 0) is 18.2 Å². The molecule has 0 spiro atoms. The highest BCUT2D eigenvalue weighted by atomic mass is 35.5. The van der Waals surface area contributed by atoms with Crippen LogP contribution in [0.2, 0.25) is 5.02 Å². The minimum atomic E-state index is -0.928. The Bertz CT molecular complexity index is 1120. The first kappa shape index (κ1) is 20.7. The van der Waals surface area contributed by atoms with Crippen molar-refractivity contribution in [1.29, 1.82) is 5.26 Å². The first-order valence-corrected chi connectivity index (χ1v) is 8.37. The molecule has 1 aromatic heterocycles. The normalized spacial score (nSPS) is 10.1. The first-order valence-electron chi connectivity index (χ1n) is 7.99. The van der Waals surface area contributed by atoms with Crippen molar-refractivity contribution in [3.8, 4) is 6.07 Å². The maximum atomic E-state index is 12.5. The van der Waals surface area contributed by atoms with Crippen molar-refractivity contribution in [2.24, 2.45) is 0 Å². The molecule has 0 atom stereocenters. The number of carbonyl (C=O) groups is 1. The minimum Gasteiger partial charge on any atom is -0.324 e. The van der Waals surface area contributed by atoms with Gasteiger partial charge in [0.25, 0.3) is 0 Å². The van der Waals surface area contributed by atoms with Crippen LogP contribution in [-0.4, -0.2) is 19.6 Å². The van der Waals surface area contributed by atoms with E-state index in [1.807, 2.05) is 6.07 Å². The molecule has 9 nitrogen and oxygen atoms in total. The van der Waals surface area contributed by atoms with Crippen LogP contribution in [0.15, 0.2) is 57.9 Å². The van der Waals surface area contributed by atoms with E-state index < -0.39 is 29.5 Å². The molecule has 0 unspecified atom stereocenters. The van der Waals surface area contributed by atoms with Crippen molar-refractivity contribution in [1.82, 2.24) is 13.7 Å². The Morgan fingerprint density at radius 2 is 1.61 bits per heavy atom. The molecule has 0 aliphatic rings. The third-order valence-electron chi connectivity index (χ3n) is 3.68. The summed E-state index contributed by atoms with van der Waals surface area (Å²) in [7, 11) is 0. The number of anilines is 1. The van der Waals surface area contributed by atoms with Gasteiger partial charge in [0.05, 0.1) is 23.7 Å². The molecule has 0 saturated carbocycles. The largest absolute Gasteiger partial charge is 0.337 e. The monoisotopic (exact) mass is 401 g/mol. The van der Waals surface area contributed by atoms with Gasteiger partial charge >= 0.3 is 17.1 Å². The standard InChI is InChI=1S/C18H16ClN5O4/c1-3-7-22-16(26)23(8-4-2)18(28)24(17(22)27)11-15(25)21-13-6-5-12(10-20)14(19)9-13/h3-6,9H,1-2,7-8,11H2,(H,21,25). The van der Waals surface area contributed by atoms with Crippen LogP contribution < -0.4 is 22.4 Å². The fourth-order valence-corrected chi connectivity index (χ4v) is 2.64. The molecule has 1 aromatic carbocycles. The summed E-state index contributed by atoms with van der Waals surface area (Å²) >= 11 is 5.91. The molecule has 0 saturated heterocycles. The highest BCUT2D eigenvalue weighted by Gasteiger charge is 2.16. The van der Waals surface area contributed by atoms with Gasteiger partial charge in [0.1, 0.15) is 12.6 Å². The highest BCUT2D eigenvalue weighted by Crippen LogP contribution is 2.20. The number of nitrogens with one attached hydrogen (secondary N) is 1. The summed E-state index contributed by atoms with van der Waals surface area (Å²) in [6.45, 7) is 6.08. The number of halogens is 1. The predicted molar refractivity (Wildman–Crippen MR) is 104 cm³/mol. The number of benzene rings is 1. The Kier molecular flexibility index (Phi) is 6.52. The number of allylic oxidation sites excluding steroid dienone is 2. The molecule has 0 radical (unpaired) electrons. The highest BCUT2D eigenvalue weighted by molar-refractivity contribution is 6.32. The van der Waals surface area contributed by atoms with Crippen molar-refractivity contribution < 1.29 is 4.79 Å². The number of carbonyl (C=O) groups excluding carboxylic acids is 1. The maximum absolute atomic E-state index is 12.5. The molecule has 144 valence electrons. The van der Waals surface area contributed by atoms with E-state index in [-0.39, 0.29) is 29.4 Å². The van der Waals surface area contributed by atoms with Crippen LogP contribution >= 0.6 is 11.6 Å². The first-order chi connectivity index (χ1) is 13.3. The van der Waals surface area contributed by atoms with E-state index in [9.17, 15) is 19.2 Å². The Labute approximate surface area is 164 Å². The number of rotatable bonds is 7. The lowest BCUT2D eigenvalue weighted by Gasteiger charge is -2.12. The smallest absolute Gasteiger partial charge is 0.324 e. The fourth-order valence-electron chi connectivity index (χ4n) is 2.42. The number of aromatic nitrogens is 3. The van der Waals surface area contributed by atoms with Crippen LogP contribution in [0.4, 0.5) is 5.69 Å². The van der Waals surface area contributed by atoms with Crippen molar-refractivity contribution in [3.05, 3.63) is 85.5 Å². The molecule has 10 heteroatoms. The summed E-state index contributed by atoms with van der Waals surface area (Å²) in [4.78, 5) is 49.6. The van der Waals surface area contributed by atoms with Gasteiger partial charge in [0, 0.05) is 5.69 Å². The molecular formula is C18H16ClN5O4. The third-order valence-corrected chi connectivity index (χ3v) is 4.00. The van der Waals surface area contributed by atoms with Gasteiger partial charge in [0.2, 0.25) is 5.91 Å². The Balaban J connectivity index is 2.42. The maximum Gasteiger partial charge on any atom is 0.337 e. The van der Waals surface area contributed by atoms with E-state index in [2.05, 4.69) is 18.5 Å². The lowest BCUT2D eigenvalue weighted by Crippen LogP contribution is -2.55. The fraction of sp³-hybridized carbons (Fsp3) is 0.167. The number of hydrogen-bond acceptors (Lipinski definition) is 5. The van der Waals surface area contributed by atoms with Crippen LogP contribution in [0.3, 0.4) is 0 Å². The molecular weight excluding hydrogens is 386 g/mol. The molecule has 0 fully saturated rings. The van der Waals surface area contributed by atoms with E-state index >= 15 is 0 Å². The second kappa shape index (κ2) is 8.83. The summed E-state index contributed by atoms with van der Waals surface area (Å²) in [6, 6.07) is 6.14. The lowest BCUT2D eigenvalue weighted by atomic mass is 10.2. The van der Waals surface area contributed by atoms with Crippen LogP contribution in [0.1, 0.15) is 5.56 Å². The van der Waals surface area contributed by atoms with Gasteiger partial charge in [-0.15, -0.1) is 13.2 Å². The van der Waals surface area contributed by atoms with Crippen molar-refractivity contribution >= 4 is 23.2 Å². The quantitative estimate of drug-likeness (QED) is 0.685. The molecule has 1 heterocycles. The van der Waals surface area contributed by atoms with E-state index in [0.29, 0.717) is 4.57 Å². The van der Waals surface area contributed by atoms with Gasteiger partial charge in [-0.25, -0.2) is 28.1 Å². The van der Waals surface area contributed by atoms with E-state index in [1.54, 1.807) is 0 Å². The zero-order chi connectivity index (χ0) is 20.8. The van der Waals surface area contributed by atoms with Crippen LogP contribution in [-0.2, 0) is 24.4 Å². The van der Waals surface area contributed by atoms with Crippen molar-refractivity contribution in [3.63, 3.8) is 0 Å². The summed E-state index contributed by atoms with van der Waals surface area (Å²) < 4.78 is 2.24. The second-order valence-corrected chi connectivity index (χ2v) is 5.99. The molecule has 1 amide bonds. The Morgan fingerprint density at radius 3 is 2.07 bits per heavy atom. The van der Waals surface area contributed by atoms with Crippen LogP contribution in [0.5, 0.6) is 0 Å². The second-order valence-electron chi connectivity index (χ2n) is 5.59. The topological polar surface area (TPSA) is 119 Å². The molecule has 28 heavy (non-hydrogen) atoms. The van der Waals surface area contributed by atoms with Crippen molar-refractivity contribution in [2.45, 2.75) is 19.6 Å². The average Bonchev–Trinajstić information content (AvgIpc) is 2.66. The summed E-state index contributed by atoms with van der Waals surface area (Å²) in [5.41, 5.74) is -2.15. The van der Waals surface area contributed by atoms with Crippen molar-refractivity contribution in [2.75, 3.05) is 5.32 Å². The van der Waals surface area contributed by atoms with Gasteiger partial charge in [-0.3, -0.25) is 4.79 Å². The minimum absolute atomic E-state index is 0.123. The molecule has 0 bridgehead atoms. The van der Waals surface area contributed by atoms with Gasteiger partial charge in [-0.2, -0.15) is 5.26 Å². The SMILES string of the molecule is C=CCn1c(=O)n(CC=C)c(=O)n(CC(=O)Nc2ccc(C#N)c(Cl)c2)c1=O. The van der Waals surface area contributed by atoms with E-state index in [1.165, 1.54) is 30.4 Å². The van der Waals surface area contributed by atoms with Crippen LogP contribution in [0, 0.1) is 11.3 Å². The molecule has 1 N–H and O–H groups in total. The lowest BCUT2D eigenvalue weighted by molar-refractivity contribution is -0.116. The predicted octanol–water partition coefficient (Wildman–Crippen LogP) is 0.707. The average molecular weight is 402 g/mol. The summed E-state index contributed by atoms with van der Waals surface area (Å²) in [5.74, 6) is -0.686. The van der Waals surface area contributed by atoms with E-state index in [4.69, 9.17) is 16.9 Å². The zero-order valence-electron chi connectivity index (χ0n) is 14.7. The number of nitriles is 1. The molecule has 2 aromatic rings. The van der Waals surface area contributed by atoms with Crippen LogP contribution in [0.25, 0.3) is 0 Å². The third kappa shape index (κ3) is 4.19. The van der Waals surface area contributed by atoms with Gasteiger partial charge in [-0.1, -0.05) is 23.8 Å². The van der Waals surface area contributed by atoms with E-state index in [0.717, 1.165) is 9.13 Å². The number of hydrogen-bond donors (Lipinski definition) is 1. The summed E-state index contributed by atoms with van der Waals surface area (Å²) in [6.07, 6.45) is 2.66. The Hall–Kier alpha value is -3.64.